The number of amides is 1. The molecule has 1 heterocycles. The second kappa shape index (κ2) is 13.0. The highest BCUT2D eigenvalue weighted by Crippen LogP contribution is 2.30. The number of aliphatic hydroxyl groups is 1. The van der Waals surface area contributed by atoms with Crippen LogP contribution in [0.5, 0.6) is 5.75 Å². The van der Waals surface area contributed by atoms with E-state index in [1.807, 2.05) is 39.1 Å². The van der Waals surface area contributed by atoms with Gasteiger partial charge in [-0.15, -0.1) is 0 Å². The summed E-state index contributed by atoms with van der Waals surface area (Å²) in [5, 5.41) is 10.3. The molecule has 40 heavy (non-hydrogen) atoms. The fraction of sp³-hybridized carbons (Fsp3) is 0.367. The van der Waals surface area contributed by atoms with Gasteiger partial charge < -0.3 is 14.7 Å². The molecule has 0 aliphatic carbocycles. The smallest absolute Gasteiger partial charge is 0.261 e. The summed E-state index contributed by atoms with van der Waals surface area (Å²) in [5.74, 6) is 0.339. The quantitative estimate of drug-likeness (QED) is 0.386. The molecule has 3 aromatic carbocycles. The van der Waals surface area contributed by atoms with Crippen molar-refractivity contribution < 1.29 is 23.1 Å². The average molecular weight is 586 g/mol. The number of halogens is 1. The van der Waals surface area contributed by atoms with Gasteiger partial charge in [-0.25, -0.2) is 8.42 Å². The monoisotopic (exact) mass is 585 g/mol. The largest absolute Gasteiger partial charge is 0.488 e. The Bertz CT molecular complexity index is 1400. The van der Waals surface area contributed by atoms with E-state index >= 15 is 0 Å². The maximum absolute atomic E-state index is 13.4. The number of sulfonamides is 1. The number of rotatable bonds is 9. The van der Waals surface area contributed by atoms with Crippen molar-refractivity contribution >= 4 is 33.2 Å². The van der Waals surface area contributed by atoms with Crippen molar-refractivity contribution in [1.29, 1.82) is 0 Å². The zero-order chi connectivity index (χ0) is 28.9. The molecule has 1 amide bonds. The van der Waals surface area contributed by atoms with E-state index in [0.29, 0.717) is 35.1 Å². The van der Waals surface area contributed by atoms with E-state index in [1.54, 1.807) is 23.1 Å². The minimum Gasteiger partial charge on any atom is -0.488 e. The molecule has 3 aromatic rings. The predicted octanol–water partition coefficient (Wildman–Crippen LogP) is 4.42. The van der Waals surface area contributed by atoms with E-state index in [-0.39, 0.29) is 41.9 Å². The molecule has 0 fully saturated rings. The highest BCUT2D eigenvalue weighted by atomic mass is 35.5. The van der Waals surface area contributed by atoms with Crippen molar-refractivity contribution in [2.75, 3.05) is 31.5 Å². The normalized spacial score (nSPS) is 18.8. The van der Waals surface area contributed by atoms with Crippen LogP contribution in [0.3, 0.4) is 0 Å². The number of nitrogens with zero attached hydrogens (tertiary/aromatic N) is 2. The van der Waals surface area contributed by atoms with Crippen LogP contribution in [0.1, 0.15) is 25.0 Å². The number of nitrogens with one attached hydrogen (secondary N) is 1. The maximum Gasteiger partial charge on any atom is 0.261 e. The summed E-state index contributed by atoms with van der Waals surface area (Å²) in [4.78, 5) is 17.4. The molecule has 0 spiro atoms. The van der Waals surface area contributed by atoms with Crippen molar-refractivity contribution in [2.24, 2.45) is 5.92 Å². The van der Waals surface area contributed by atoms with Crippen molar-refractivity contribution in [3.63, 3.8) is 0 Å². The van der Waals surface area contributed by atoms with E-state index in [2.05, 4.69) is 21.8 Å². The Morgan fingerprint density at radius 3 is 2.50 bits per heavy atom. The Morgan fingerprint density at radius 1 is 1.12 bits per heavy atom. The summed E-state index contributed by atoms with van der Waals surface area (Å²) in [6.45, 7) is 5.47. The lowest BCUT2D eigenvalue weighted by atomic mass is 10.0. The van der Waals surface area contributed by atoms with Gasteiger partial charge in [0.1, 0.15) is 11.9 Å². The van der Waals surface area contributed by atoms with Crippen molar-refractivity contribution in [2.45, 2.75) is 43.9 Å². The van der Waals surface area contributed by atoms with Crippen molar-refractivity contribution in [3.05, 3.63) is 88.9 Å². The molecule has 0 saturated heterocycles. The minimum absolute atomic E-state index is 0.00941. The Kier molecular flexibility index (Phi) is 9.73. The lowest BCUT2D eigenvalue weighted by molar-refractivity contribution is -0.134. The second-order valence-electron chi connectivity index (χ2n) is 10.5. The number of carbonyl (C=O) groups is 1. The fourth-order valence-electron chi connectivity index (χ4n) is 4.81. The van der Waals surface area contributed by atoms with Crippen LogP contribution in [0.15, 0.2) is 77.7 Å². The zero-order valence-corrected chi connectivity index (χ0v) is 24.5. The predicted molar refractivity (Wildman–Crippen MR) is 157 cm³/mol. The summed E-state index contributed by atoms with van der Waals surface area (Å²) in [6.07, 6.45) is -0.251. The summed E-state index contributed by atoms with van der Waals surface area (Å²) in [6, 6.07) is 20.7. The molecular weight excluding hydrogens is 550 g/mol. The molecule has 0 saturated carbocycles. The first kappa shape index (κ1) is 29.9. The second-order valence-corrected chi connectivity index (χ2v) is 12.6. The van der Waals surface area contributed by atoms with E-state index in [4.69, 9.17) is 16.3 Å². The van der Waals surface area contributed by atoms with Crippen LogP contribution in [-0.2, 0) is 27.8 Å². The molecule has 0 aromatic heterocycles. The van der Waals surface area contributed by atoms with E-state index < -0.39 is 10.0 Å². The van der Waals surface area contributed by atoms with Gasteiger partial charge in [0.05, 0.1) is 24.0 Å². The van der Waals surface area contributed by atoms with E-state index in [0.717, 1.165) is 6.54 Å². The molecule has 8 nitrogen and oxygen atoms in total. The maximum atomic E-state index is 13.4. The zero-order valence-electron chi connectivity index (χ0n) is 23.0. The SMILES string of the molecule is C[C@H]1CN([C@@H](C)CO)C(=O)Cc2cc(NS(=O)(=O)c3ccc(Cl)cc3)ccc2O[C@@H]1CN(C)Cc1ccccc1. The molecule has 10 heteroatoms. The third kappa shape index (κ3) is 7.54. The number of likely N-dealkylation sites (N-methyl/N-ethyl adjacent to an activating group) is 1. The summed E-state index contributed by atoms with van der Waals surface area (Å²) in [5.41, 5.74) is 2.07. The molecule has 4 rings (SSSR count). The third-order valence-electron chi connectivity index (χ3n) is 7.08. The standard InChI is InChI=1S/C30H36ClN3O5S/c1-21-17-34(22(2)20-35)30(36)16-24-15-26(32-40(37,38)27-12-9-25(31)10-13-27)11-14-28(24)39-29(21)19-33(3)18-23-7-5-4-6-8-23/h4-15,21-22,29,32,35H,16-20H2,1-3H3/t21-,22-,29+/m0/s1. The van der Waals surface area contributed by atoms with Gasteiger partial charge in [0.2, 0.25) is 5.91 Å². The van der Waals surface area contributed by atoms with Gasteiger partial charge in [0.15, 0.2) is 0 Å². The Morgan fingerprint density at radius 2 is 1.82 bits per heavy atom. The topological polar surface area (TPSA) is 99.2 Å². The van der Waals surface area contributed by atoms with Gasteiger partial charge in [-0.05, 0) is 62.0 Å². The number of fused-ring (bicyclic) bond motifs is 1. The van der Waals surface area contributed by atoms with Gasteiger partial charge in [-0.2, -0.15) is 0 Å². The van der Waals surface area contributed by atoms with Gasteiger partial charge in [-0.1, -0.05) is 48.9 Å². The highest BCUT2D eigenvalue weighted by Gasteiger charge is 2.31. The van der Waals surface area contributed by atoms with Crippen LogP contribution in [-0.4, -0.2) is 68.1 Å². The molecular formula is C30H36ClN3O5S. The molecule has 0 bridgehead atoms. The molecule has 0 radical (unpaired) electrons. The molecule has 1 aliphatic rings. The minimum atomic E-state index is -3.87. The van der Waals surface area contributed by atoms with E-state index in [9.17, 15) is 18.3 Å². The number of aliphatic hydroxyl groups excluding tert-OH is 1. The molecule has 2 N–H and O–H groups in total. The first-order valence-electron chi connectivity index (χ1n) is 13.3. The van der Waals surface area contributed by atoms with Gasteiger partial charge in [0, 0.05) is 41.8 Å². The summed E-state index contributed by atoms with van der Waals surface area (Å²) < 4.78 is 35.1. The Balaban J connectivity index is 1.63. The fourth-order valence-corrected chi connectivity index (χ4v) is 5.98. The lowest BCUT2D eigenvalue weighted by Crippen LogP contribution is -2.47. The third-order valence-corrected chi connectivity index (χ3v) is 8.73. The van der Waals surface area contributed by atoms with Crippen LogP contribution >= 0.6 is 11.6 Å². The van der Waals surface area contributed by atoms with Crippen molar-refractivity contribution in [1.82, 2.24) is 9.80 Å². The molecule has 214 valence electrons. The van der Waals surface area contributed by atoms with Crippen LogP contribution < -0.4 is 9.46 Å². The summed E-state index contributed by atoms with van der Waals surface area (Å²) >= 11 is 5.91. The van der Waals surface area contributed by atoms with Crippen LogP contribution in [0.2, 0.25) is 5.02 Å². The number of carbonyl (C=O) groups excluding carboxylic acids is 1. The highest BCUT2D eigenvalue weighted by molar-refractivity contribution is 7.92. The number of anilines is 1. The first-order chi connectivity index (χ1) is 19.1. The van der Waals surface area contributed by atoms with E-state index in [1.165, 1.54) is 29.8 Å². The Labute approximate surface area is 241 Å². The van der Waals surface area contributed by atoms with Gasteiger partial charge in [-0.3, -0.25) is 14.4 Å². The van der Waals surface area contributed by atoms with Gasteiger partial charge >= 0.3 is 0 Å². The Hall–Kier alpha value is -3.11. The number of ether oxygens (including phenoxy) is 1. The number of hydrogen-bond acceptors (Lipinski definition) is 6. The van der Waals surface area contributed by atoms with Crippen molar-refractivity contribution in [3.8, 4) is 5.75 Å². The molecule has 1 aliphatic heterocycles. The van der Waals surface area contributed by atoms with Gasteiger partial charge in [0.25, 0.3) is 10.0 Å². The number of benzene rings is 3. The lowest BCUT2D eigenvalue weighted by Gasteiger charge is -2.34. The number of hydrogen-bond donors (Lipinski definition) is 2. The van der Waals surface area contributed by atoms with Crippen LogP contribution in [0.25, 0.3) is 0 Å². The first-order valence-corrected chi connectivity index (χ1v) is 15.1. The summed E-state index contributed by atoms with van der Waals surface area (Å²) in [7, 11) is -1.84. The average Bonchev–Trinajstić information content (AvgIpc) is 2.96. The van der Waals surface area contributed by atoms with Crippen LogP contribution in [0.4, 0.5) is 5.69 Å². The molecule has 0 unspecified atom stereocenters. The van der Waals surface area contributed by atoms with Crippen LogP contribution in [0, 0.1) is 5.92 Å². The molecule has 3 atom stereocenters.